The van der Waals surface area contributed by atoms with Crippen LogP contribution in [-0.2, 0) is 6.42 Å². The third kappa shape index (κ3) is 1.69. The molecular weight excluding hydrogens is 250 g/mol. The topological polar surface area (TPSA) is 39.9 Å². The normalized spacial score (nSPS) is 13.0. The Kier molecular flexibility index (Phi) is 2.52. The smallest absolute Gasteiger partial charge is 0.163 e. The Morgan fingerprint density at radius 2 is 2.00 bits per heavy atom. The second kappa shape index (κ2) is 4.49. The number of hydrogen-bond donors (Lipinski definition) is 0. The first-order chi connectivity index (χ1) is 9.93. The molecule has 2 aromatic heterocycles. The van der Waals surface area contributed by atoms with Crippen LogP contribution >= 0.6 is 0 Å². The van der Waals surface area contributed by atoms with E-state index in [2.05, 4.69) is 20.6 Å². The van der Waals surface area contributed by atoms with Gasteiger partial charge >= 0.3 is 0 Å². The van der Waals surface area contributed by atoms with Gasteiger partial charge in [-0.05, 0) is 24.3 Å². The minimum atomic E-state index is 0.750. The molecule has 0 atom stereocenters. The van der Waals surface area contributed by atoms with Crippen LogP contribution < -0.4 is 4.74 Å². The van der Waals surface area contributed by atoms with Gasteiger partial charge in [0.1, 0.15) is 11.4 Å². The van der Waals surface area contributed by atoms with E-state index in [4.69, 9.17) is 4.74 Å². The summed E-state index contributed by atoms with van der Waals surface area (Å²) in [5.41, 5.74) is 3.23. The number of fused-ring (bicyclic) bond motifs is 1. The molecule has 1 aromatic carbocycles. The summed E-state index contributed by atoms with van der Waals surface area (Å²) >= 11 is 0. The lowest BCUT2D eigenvalue weighted by atomic mass is 10.1. The van der Waals surface area contributed by atoms with Gasteiger partial charge in [-0.3, -0.25) is 9.55 Å². The lowest BCUT2D eigenvalue weighted by Gasteiger charge is -2.11. The summed E-state index contributed by atoms with van der Waals surface area (Å²) in [6.07, 6.45) is 6.50. The number of benzene rings is 1. The number of aromatic nitrogens is 3. The summed E-state index contributed by atoms with van der Waals surface area (Å²) < 4.78 is 7.71. The molecule has 3 heterocycles. The van der Waals surface area contributed by atoms with Gasteiger partial charge in [-0.15, -0.1) is 0 Å². The predicted molar refractivity (Wildman–Crippen MR) is 76.0 cm³/mol. The van der Waals surface area contributed by atoms with E-state index in [0.717, 1.165) is 36.0 Å². The highest BCUT2D eigenvalue weighted by atomic mass is 16.5. The van der Waals surface area contributed by atoms with Gasteiger partial charge in [0.05, 0.1) is 12.3 Å². The first-order valence-electron chi connectivity index (χ1n) is 6.63. The second-order valence-electron chi connectivity index (χ2n) is 4.69. The fourth-order valence-electron chi connectivity index (χ4n) is 2.61. The lowest BCUT2D eigenvalue weighted by molar-refractivity contribution is 0.357. The molecule has 20 heavy (non-hydrogen) atoms. The molecule has 4 nitrogen and oxygen atoms in total. The van der Waals surface area contributed by atoms with Crippen molar-refractivity contribution in [2.75, 3.05) is 6.61 Å². The fourth-order valence-corrected chi connectivity index (χ4v) is 2.61. The number of pyridine rings is 1. The van der Waals surface area contributed by atoms with Crippen molar-refractivity contribution in [1.82, 2.24) is 14.5 Å². The maximum absolute atomic E-state index is 5.63. The van der Waals surface area contributed by atoms with Crippen molar-refractivity contribution in [1.29, 1.82) is 0 Å². The molecule has 0 fully saturated rings. The van der Waals surface area contributed by atoms with Gasteiger partial charge in [0.25, 0.3) is 0 Å². The molecule has 3 aromatic rings. The van der Waals surface area contributed by atoms with Crippen LogP contribution in [0.15, 0.2) is 55.0 Å². The molecule has 0 unspecified atom stereocenters. The van der Waals surface area contributed by atoms with Crippen molar-refractivity contribution in [2.24, 2.45) is 0 Å². The van der Waals surface area contributed by atoms with E-state index in [-0.39, 0.29) is 0 Å². The Balaban J connectivity index is 1.89. The molecule has 0 spiro atoms. The van der Waals surface area contributed by atoms with Crippen LogP contribution in [0.3, 0.4) is 0 Å². The Bertz CT molecular complexity index is 749. The molecule has 98 valence electrons. The molecule has 4 heteroatoms. The van der Waals surface area contributed by atoms with E-state index >= 15 is 0 Å². The Morgan fingerprint density at radius 3 is 2.90 bits per heavy atom. The number of hydrogen-bond acceptors (Lipinski definition) is 3. The summed E-state index contributed by atoms with van der Waals surface area (Å²) in [5, 5.41) is 0. The molecule has 0 radical (unpaired) electrons. The van der Waals surface area contributed by atoms with Crippen molar-refractivity contribution in [3.05, 3.63) is 60.6 Å². The second-order valence-corrected chi connectivity index (χ2v) is 4.69. The number of imidazole rings is 1. The maximum atomic E-state index is 5.63. The summed E-state index contributed by atoms with van der Waals surface area (Å²) in [4.78, 5) is 8.83. The maximum Gasteiger partial charge on any atom is 0.163 e. The molecule has 0 N–H and O–H groups in total. The highest BCUT2D eigenvalue weighted by molar-refractivity contribution is 5.59. The average Bonchev–Trinajstić information content (AvgIpc) is 3.16. The zero-order chi connectivity index (χ0) is 13.4. The van der Waals surface area contributed by atoms with Crippen LogP contribution in [0.5, 0.6) is 5.75 Å². The van der Waals surface area contributed by atoms with E-state index in [9.17, 15) is 0 Å². The van der Waals surface area contributed by atoms with Gasteiger partial charge in [-0.1, -0.05) is 12.1 Å². The van der Waals surface area contributed by atoms with Crippen molar-refractivity contribution >= 4 is 0 Å². The predicted octanol–water partition coefficient (Wildman–Crippen LogP) is 2.87. The van der Waals surface area contributed by atoms with Gasteiger partial charge in [-0.2, -0.15) is 0 Å². The van der Waals surface area contributed by atoms with E-state index in [0.29, 0.717) is 0 Å². The van der Waals surface area contributed by atoms with Crippen LogP contribution in [0.4, 0.5) is 0 Å². The Labute approximate surface area is 116 Å². The fraction of sp³-hybridized carbons (Fsp3) is 0.125. The Hall–Kier alpha value is -2.62. The molecule has 0 saturated carbocycles. The summed E-state index contributed by atoms with van der Waals surface area (Å²) in [7, 11) is 0. The number of nitrogens with zero attached hydrogens (tertiary/aromatic N) is 3. The van der Waals surface area contributed by atoms with Crippen molar-refractivity contribution < 1.29 is 4.74 Å². The third-order valence-electron chi connectivity index (χ3n) is 3.51. The molecule has 1 aliphatic heterocycles. The monoisotopic (exact) mass is 263 g/mol. The molecule has 4 rings (SSSR count). The minimum Gasteiger partial charge on any atom is -0.493 e. The molecule has 1 aliphatic rings. The largest absolute Gasteiger partial charge is 0.493 e. The van der Waals surface area contributed by atoms with Crippen molar-refractivity contribution in [2.45, 2.75) is 6.42 Å². The quantitative estimate of drug-likeness (QED) is 0.713. The molecule has 0 bridgehead atoms. The SMILES string of the molecule is c1ccc(-c2nccn2-c2cccc3c2CCO3)nc1. The lowest BCUT2D eigenvalue weighted by Crippen LogP contribution is -2.00. The van der Waals surface area contributed by atoms with Crippen LogP contribution in [-0.4, -0.2) is 21.1 Å². The summed E-state index contributed by atoms with van der Waals surface area (Å²) in [6.45, 7) is 0.750. The van der Waals surface area contributed by atoms with Crippen LogP contribution in [0.1, 0.15) is 5.56 Å². The molecule has 0 amide bonds. The van der Waals surface area contributed by atoms with E-state index in [1.165, 1.54) is 5.56 Å². The molecular formula is C16H13N3O. The van der Waals surface area contributed by atoms with Gasteiger partial charge in [0, 0.05) is 30.6 Å². The van der Waals surface area contributed by atoms with E-state index in [1.807, 2.05) is 36.5 Å². The van der Waals surface area contributed by atoms with Gasteiger partial charge in [-0.25, -0.2) is 4.98 Å². The van der Waals surface area contributed by atoms with Gasteiger partial charge in [0.15, 0.2) is 5.82 Å². The number of ether oxygens (including phenoxy) is 1. The van der Waals surface area contributed by atoms with Gasteiger partial charge in [0.2, 0.25) is 0 Å². The van der Waals surface area contributed by atoms with Crippen molar-refractivity contribution in [3.63, 3.8) is 0 Å². The summed E-state index contributed by atoms with van der Waals surface area (Å²) in [6, 6.07) is 12.0. The first kappa shape index (κ1) is 11.2. The molecule has 0 aliphatic carbocycles. The van der Waals surface area contributed by atoms with Crippen LogP contribution in [0.2, 0.25) is 0 Å². The third-order valence-corrected chi connectivity index (χ3v) is 3.51. The Morgan fingerprint density at radius 1 is 1.00 bits per heavy atom. The van der Waals surface area contributed by atoms with Crippen molar-refractivity contribution in [3.8, 4) is 23.0 Å². The standard InChI is InChI=1S/C16H13N3O/c1-2-8-17-13(4-1)16-18-9-10-19(16)14-5-3-6-15-12(14)7-11-20-15/h1-6,8-10H,7,11H2. The molecule has 0 saturated heterocycles. The van der Waals surface area contributed by atoms with E-state index < -0.39 is 0 Å². The highest BCUT2D eigenvalue weighted by Crippen LogP contribution is 2.32. The van der Waals surface area contributed by atoms with E-state index in [1.54, 1.807) is 12.4 Å². The first-order valence-corrected chi connectivity index (χ1v) is 6.63. The van der Waals surface area contributed by atoms with Gasteiger partial charge < -0.3 is 4.74 Å². The number of rotatable bonds is 2. The summed E-state index contributed by atoms with van der Waals surface area (Å²) in [5.74, 6) is 1.83. The highest BCUT2D eigenvalue weighted by Gasteiger charge is 2.18. The minimum absolute atomic E-state index is 0.750. The zero-order valence-corrected chi connectivity index (χ0v) is 10.9. The van der Waals surface area contributed by atoms with Crippen LogP contribution in [0, 0.1) is 0 Å². The average molecular weight is 263 g/mol. The zero-order valence-electron chi connectivity index (χ0n) is 10.9. The van der Waals surface area contributed by atoms with Crippen LogP contribution in [0.25, 0.3) is 17.2 Å².